The third kappa shape index (κ3) is 3.97. The maximum absolute atomic E-state index is 13.3. The van der Waals surface area contributed by atoms with Gasteiger partial charge in [0.15, 0.2) is 17.3 Å². The van der Waals surface area contributed by atoms with Crippen LogP contribution < -0.4 is 4.74 Å². The highest BCUT2D eigenvalue weighted by Crippen LogP contribution is 2.31. The Bertz CT molecular complexity index is 865. The zero-order chi connectivity index (χ0) is 17.8. The van der Waals surface area contributed by atoms with Gasteiger partial charge in [-0.3, -0.25) is 4.79 Å². The molecule has 1 aliphatic carbocycles. The Morgan fingerprint density at radius 2 is 1.72 bits per heavy atom. The predicted molar refractivity (Wildman–Crippen MR) is 95.9 cm³/mol. The second-order valence-corrected chi connectivity index (χ2v) is 6.01. The highest BCUT2D eigenvalue weighted by Gasteiger charge is 2.20. The minimum atomic E-state index is -0.315. The minimum Gasteiger partial charge on any atom is -0.504 e. The summed E-state index contributed by atoms with van der Waals surface area (Å²) in [6, 6.07) is 11.2. The Hall–Kier alpha value is -2.88. The first-order valence-corrected chi connectivity index (χ1v) is 8.15. The second-order valence-electron chi connectivity index (χ2n) is 6.01. The summed E-state index contributed by atoms with van der Waals surface area (Å²) in [5.74, 6) is 0.103. The van der Waals surface area contributed by atoms with E-state index in [-0.39, 0.29) is 17.3 Å². The van der Waals surface area contributed by atoms with Crippen LogP contribution in [0.5, 0.6) is 11.5 Å². The van der Waals surface area contributed by atoms with E-state index in [0.717, 1.165) is 12.0 Å². The Morgan fingerprint density at radius 3 is 2.36 bits per heavy atom. The van der Waals surface area contributed by atoms with Crippen LogP contribution in [0.3, 0.4) is 0 Å². The summed E-state index contributed by atoms with van der Waals surface area (Å²) in [5, 5.41) is 9.67. The molecule has 1 aliphatic rings. The van der Waals surface area contributed by atoms with Crippen molar-refractivity contribution in [2.45, 2.75) is 19.3 Å². The van der Waals surface area contributed by atoms with Crippen molar-refractivity contribution in [3.05, 3.63) is 70.6 Å². The quantitative estimate of drug-likeness (QED) is 0.821. The van der Waals surface area contributed by atoms with Crippen LogP contribution in [0.2, 0.25) is 0 Å². The maximum Gasteiger partial charge on any atom is 0.185 e. The smallest absolute Gasteiger partial charge is 0.185 e. The average molecular weight is 338 g/mol. The van der Waals surface area contributed by atoms with Gasteiger partial charge in [-0.25, -0.2) is 4.39 Å². The van der Waals surface area contributed by atoms with E-state index in [9.17, 15) is 14.3 Å². The number of aromatic hydroxyl groups is 1. The molecule has 0 aromatic heterocycles. The first-order valence-electron chi connectivity index (χ1n) is 8.15. The molecule has 25 heavy (non-hydrogen) atoms. The van der Waals surface area contributed by atoms with Crippen molar-refractivity contribution in [2.24, 2.45) is 0 Å². The van der Waals surface area contributed by atoms with E-state index >= 15 is 0 Å². The molecule has 1 N–H and O–H groups in total. The summed E-state index contributed by atoms with van der Waals surface area (Å²) in [6.45, 7) is 0. The largest absolute Gasteiger partial charge is 0.504 e. The normalized spacial score (nSPS) is 17.9. The van der Waals surface area contributed by atoms with E-state index in [0.29, 0.717) is 35.3 Å². The van der Waals surface area contributed by atoms with E-state index in [2.05, 4.69) is 0 Å². The van der Waals surface area contributed by atoms with Crippen LogP contribution in [0.25, 0.3) is 12.2 Å². The van der Waals surface area contributed by atoms with Crippen LogP contribution in [0, 0.1) is 5.82 Å². The molecule has 0 amide bonds. The number of rotatable bonds is 3. The van der Waals surface area contributed by atoms with E-state index in [1.165, 1.54) is 19.2 Å². The zero-order valence-corrected chi connectivity index (χ0v) is 14.0. The second kappa shape index (κ2) is 7.34. The van der Waals surface area contributed by atoms with Gasteiger partial charge in [-0.15, -0.1) is 0 Å². The van der Waals surface area contributed by atoms with Gasteiger partial charge in [0.05, 0.1) is 7.11 Å². The van der Waals surface area contributed by atoms with Gasteiger partial charge < -0.3 is 9.84 Å². The van der Waals surface area contributed by atoms with Gasteiger partial charge in [0.25, 0.3) is 0 Å². The van der Waals surface area contributed by atoms with Crippen LogP contribution in [0.4, 0.5) is 4.39 Å². The molecular weight excluding hydrogens is 319 g/mol. The number of hydrogen-bond acceptors (Lipinski definition) is 3. The summed E-state index contributed by atoms with van der Waals surface area (Å²) in [5.41, 5.74) is 2.89. The van der Waals surface area contributed by atoms with Crippen molar-refractivity contribution in [3.8, 4) is 11.5 Å². The monoisotopic (exact) mass is 338 g/mol. The molecule has 0 bridgehead atoms. The number of methoxy groups -OCH3 is 1. The summed E-state index contributed by atoms with van der Waals surface area (Å²) in [4.78, 5) is 12.7. The van der Waals surface area contributed by atoms with Gasteiger partial charge in [0.1, 0.15) is 5.82 Å². The van der Waals surface area contributed by atoms with E-state index in [1.807, 2.05) is 6.08 Å². The standard InChI is InChI=1S/C21H19FO3/c1-25-20-13-15(8-9-19(20)23)11-17-6-3-5-16(21(17)24)10-14-4-2-7-18(22)12-14/h2,4,7-13,23H,3,5-6H2,1H3/b16-10+,17-11+. The number of phenols is 1. The lowest BCUT2D eigenvalue weighted by Gasteiger charge is -2.17. The number of phenolic OH excluding ortho intramolecular Hbond substituents is 1. The number of ketones is 1. The van der Waals surface area contributed by atoms with Crippen LogP contribution in [-0.4, -0.2) is 18.0 Å². The summed E-state index contributed by atoms with van der Waals surface area (Å²) in [7, 11) is 1.48. The predicted octanol–water partition coefficient (Wildman–Crippen LogP) is 4.76. The molecule has 0 saturated heterocycles. The molecule has 0 unspecified atom stereocenters. The fraction of sp³-hybridized carbons (Fsp3) is 0.190. The van der Waals surface area contributed by atoms with Crippen LogP contribution in [0.15, 0.2) is 53.6 Å². The Morgan fingerprint density at radius 1 is 1.04 bits per heavy atom. The molecule has 0 heterocycles. The van der Waals surface area contributed by atoms with Gasteiger partial charge in [-0.1, -0.05) is 18.2 Å². The third-order valence-corrected chi connectivity index (χ3v) is 4.21. The molecule has 1 saturated carbocycles. The summed E-state index contributed by atoms with van der Waals surface area (Å²) in [6.07, 6.45) is 5.83. The highest BCUT2D eigenvalue weighted by molar-refractivity contribution is 6.13. The average Bonchev–Trinajstić information content (AvgIpc) is 2.60. The van der Waals surface area contributed by atoms with Crippen molar-refractivity contribution < 1.29 is 19.0 Å². The molecule has 0 radical (unpaired) electrons. The first-order chi connectivity index (χ1) is 12.1. The summed E-state index contributed by atoms with van der Waals surface area (Å²) >= 11 is 0. The summed E-state index contributed by atoms with van der Waals surface area (Å²) < 4.78 is 18.4. The number of ether oxygens (including phenoxy) is 1. The molecule has 0 aliphatic heterocycles. The van der Waals surface area contributed by atoms with Gasteiger partial charge >= 0.3 is 0 Å². The molecule has 128 valence electrons. The van der Waals surface area contributed by atoms with Crippen molar-refractivity contribution in [2.75, 3.05) is 7.11 Å². The van der Waals surface area contributed by atoms with E-state index in [1.54, 1.807) is 36.4 Å². The van der Waals surface area contributed by atoms with Gasteiger partial charge in [0, 0.05) is 11.1 Å². The Balaban J connectivity index is 1.89. The molecule has 4 heteroatoms. The lowest BCUT2D eigenvalue weighted by atomic mass is 9.87. The number of halogens is 1. The van der Waals surface area contributed by atoms with Crippen molar-refractivity contribution in [1.82, 2.24) is 0 Å². The van der Waals surface area contributed by atoms with E-state index in [4.69, 9.17) is 4.74 Å². The molecule has 2 aromatic carbocycles. The minimum absolute atomic E-state index is 0.0115. The number of benzene rings is 2. The molecule has 0 atom stereocenters. The number of carbonyl (C=O) groups is 1. The number of allylic oxidation sites excluding steroid dienone is 2. The number of carbonyl (C=O) groups excluding carboxylic acids is 1. The lowest BCUT2D eigenvalue weighted by molar-refractivity contribution is -0.112. The van der Waals surface area contributed by atoms with Crippen LogP contribution in [-0.2, 0) is 4.79 Å². The molecule has 0 spiro atoms. The van der Waals surface area contributed by atoms with Gasteiger partial charge in [-0.2, -0.15) is 0 Å². The molecule has 1 fully saturated rings. The van der Waals surface area contributed by atoms with Crippen LogP contribution >= 0.6 is 0 Å². The topological polar surface area (TPSA) is 46.5 Å². The SMILES string of the molecule is COc1cc(/C=C2\CCC/C(=C\c3cccc(F)c3)C2=O)ccc1O. The molecule has 3 nitrogen and oxygen atoms in total. The zero-order valence-electron chi connectivity index (χ0n) is 14.0. The highest BCUT2D eigenvalue weighted by atomic mass is 19.1. The first kappa shape index (κ1) is 17.0. The maximum atomic E-state index is 13.3. The molecule has 3 rings (SSSR count). The van der Waals surface area contributed by atoms with Gasteiger partial charge in [0.2, 0.25) is 0 Å². The number of Topliss-reactive ketones (excluding diaryl/α,β-unsaturated/α-hetero) is 1. The Kier molecular flexibility index (Phi) is 4.98. The fourth-order valence-corrected chi connectivity index (χ4v) is 2.96. The number of hydrogen-bond donors (Lipinski definition) is 1. The molecular formula is C21H19FO3. The van der Waals surface area contributed by atoms with Crippen LogP contribution in [0.1, 0.15) is 30.4 Å². The third-order valence-electron chi connectivity index (χ3n) is 4.21. The van der Waals surface area contributed by atoms with E-state index < -0.39 is 0 Å². The lowest BCUT2D eigenvalue weighted by Crippen LogP contribution is -2.12. The van der Waals surface area contributed by atoms with Crippen molar-refractivity contribution >= 4 is 17.9 Å². The fourth-order valence-electron chi connectivity index (χ4n) is 2.96. The van der Waals surface area contributed by atoms with Crippen molar-refractivity contribution in [3.63, 3.8) is 0 Å². The van der Waals surface area contributed by atoms with Gasteiger partial charge in [-0.05, 0) is 66.8 Å². The Labute approximate surface area is 146 Å². The molecule has 2 aromatic rings. The van der Waals surface area contributed by atoms with Crippen molar-refractivity contribution in [1.29, 1.82) is 0 Å².